The Kier molecular flexibility index (Phi) is 5.56. The number of nitrogens with one attached hydrogen (secondary N) is 1. The Morgan fingerprint density at radius 1 is 1.32 bits per heavy atom. The summed E-state index contributed by atoms with van der Waals surface area (Å²) in [5.74, 6) is -1.12. The molecule has 1 unspecified atom stereocenters. The molecule has 0 aromatic rings. The second-order valence-corrected chi connectivity index (χ2v) is 8.89. The quantitative estimate of drug-likeness (QED) is 0.682. The summed E-state index contributed by atoms with van der Waals surface area (Å²) in [6.45, 7) is 1.64. The first kappa shape index (κ1) is 20.1. The average molecular weight is 406 g/mol. The van der Waals surface area contributed by atoms with Crippen LogP contribution in [-0.2, 0) is 24.3 Å². The highest BCUT2D eigenvalue weighted by Gasteiger charge is 2.35. The molecule has 1 atom stereocenters. The van der Waals surface area contributed by atoms with Crippen LogP contribution in [0.2, 0.25) is 0 Å². The minimum Gasteiger partial charge on any atom is -0.449 e. The van der Waals surface area contributed by atoms with Crippen LogP contribution in [0.4, 0.5) is 0 Å². The second-order valence-electron chi connectivity index (χ2n) is 7.14. The van der Waals surface area contributed by atoms with Crippen molar-refractivity contribution < 1.29 is 22.7 Å². The van der Waals surface area contributed by atoms with E-state index in [1.54, 1.807) is 4.90 Å². The smallest absolute Gasteiger partial charge is 0.340 e. The topological polar surface area (TPSA) is 129 Å². The molecule has 0 radical (unpaired) electrons. The number of esters is 1. The van der Waals surface area contributed by atoms with Crippen LogP contribution in [0, 0.1) is 11.3 Å². The molecule has 0 saturated heterocycles. The van der Waals surface area contributed by atoms with E-state index in [-0.39, 0.29) is 23.7 Å². The number of amides is 1. The van der Waals surface area contributed by atoms with Crippen molar-refractivity contribution in [3.63, 3.8) is 0 Å². The minimum atomic E-state index is -3.47. The van der Waals surface area contributed by atoms with E-state index in [2.05, 4.69) is 15.8 Å². The van der Waals surface area contributed by atoms with Crippen molar-refractivity contribution >= 4 is 27.7 Å². The molecule has 3 rings (SSSR count). The van der Waals surface area contributed by atoms with Crippen molar-refractivity contribution in [3.05, 3.63) is 23.9 Å². The normalized spacial score (nSPS) is 23.4. The molecule has 2 aliphatic heterocycles. The summed E-state index contributed by atoms with van der Waals surface area (Å²) in [5.41, 5.74) is -0.712. The van der Waals surface area contributed by atoms with E-state index >= 15 is 0 Å². The van der Waals surface area contributed by atoms with Gasteiger partial charge in [-0.25, -0.2) is 13.2 Å². The Balaban J connectivity index is 1.62. The number of hydrogen-bond acceptors (Lipinski definition) is 7. The molecule has 2 heterocycles. The van der Waals surface area contributed by atoms with E-state index in [1.807, 2.05) is 0 Å². The Morgan fingerprint density at radius 3 is 2.71 bits per heavy atom. The zero-order valence-electron chi connectivity index (χ0n) is 15.6. The summed E-state index contributed by atoms with van der Waals surface area (Å²) in [6.07, 6.45) is 7.17. The first-order valence-electron chi connectivity index (χ1n) is 9.17. The third kappa shape index (κ3) is 4.42. The van der Waals surface area contributed by atoms with Crippen molar-refractivity contribution in [1.29, 1.82) is 5.26 Å². The fourth-order valence-corrected chi connectivity index (χ4v) is 4.33. The summed E-state index contributed by atoms with van der Waals surface area (Å²) in [4.78, 5) is 26.4. The number of nitrogens with zero attached hydrogens (tertiary/aromatic N) is 3. The molecular weight excluding hydrogens is 384 g/mol. The fraction of sp³-hybridized carbons (Fsp3) is 0.556. The van der Waals surface area contributed by atoms with Crippen LogP contribution in [0.25, 0.3) is 0 Å². The Hall–Kier alpha value is -2.67. The average Bonchev–Trinajstić information content (AvgIpc) is 2.67. The lowest BCUT2D eigenvalue weighted by Gasteiger charge is -2.32. The van der Waals surface area contributed by atoms with E-state index in [1.165, 1.54) is 25.3 Å². The van der Waals surface area contributed by atoms with Crippen LogP contribution in [0.1, 0.15) is 39.0 Å². The number of sulfonamides is 1. The molecular formula is C18H22N4O5S. The number of hydrogen-bond donors (Lipinski definition) is 1. The number of carbonyl (C=O) groups is 2. The standard InChI is InChI=1S/C18H22N4O5S/c1-13(16(23)20-18(12-19)7-3-2-4-8-18)27-17(24)14-5-6-15-21-28(25,26)10-9-22(15)11-14/h5-6,11,13H,2-4,7-10H2,1H3,(H,20,23). The third-order valence-electron chi connectivity index (χ3n) is 5.00. The number of ether oxygens (including phenoxy) is 1. The molecule has 1 saturated carbocycles. The van der Waals surface area contributed by atoms with Crippen molar-refractivity contribution in [1.82, 2.24) is 10.2 Å². The summed E-state index contributed by atoms with van der Waals surface area (Å²) in [5, 5.41) is 12.2. The molecule has 0 spiro atoms. The molecule has 0 aromatic carbocycles. The van der Waals surface area contributed by atoms with Crippen molar-refractivity contribution in [2.45, 2.75) is 50.7 Å². The SMILES string of the molecule is CC(OC(=O)C1=CN2CCS(=O)(=O)N=C2C=C1)C(=O)NC1(C#N)CCCCC1. The molecule has 0 aromatic heterocycles. The minimum absolute atomic E-state index is 0.141. The van der Waals surface area contributed by atoms with Crippen LogP contribution in [0.15, 0.2) is 28.3 Å². The highest BCUT2D eigenvalue weighted by molar-refractivity contribution is 7.90. The number of carbonyl (C=O) groups excluding carboxylic acids is 2. The molecule has 28 heavy (non-hydrogen) atoms. The van der Waals surface area contributed by atoms with E-state index in [9.17, 15) is 23.3 Å². The van der Waals surface area contributed by atoms with Crippen molar-refractivity contribution in [2.24, 2.45) is 4.40 Å². The summed E-state index contributed by atoms with van der Waals surface area (Å²) < 4.78 is 31.9. The first-order chi connectivity index (χ1) is 13.2. The van der Waals surface area contributed by atoms with Gasteiger partial charge in [0.25, 0.3) is 15.9 Å². The molecule has 1 N–H and O–H groups in total. The number of nitriles is 1. The van der Waals surface area contributed by atoms with Gasteiger partial charge < -0.3 is 15.0 Å². The first-order valence-corrected chi connectivity index (χ1v) is 10.8. The van der Waals surface area contributed by atoms with Gasteiger partial charge in [0.1, 0.15) is 11.4 Å². The molecule has 10 heteroatoms. The lowest BCUT2D eigenvalue weighted by atomic mass is 9.83. The molecule has 1 aliphatic carbocycles. The van der Waals surface area contributed by atoms with E-state index in [4.69, 9.17) is 4.74 Å². The van der Waals surface area contributed by atoms with Gasteiger partial charge >= 0.3 is 5.97 Å². The fourth-order valence-electron chi connectivity index (χ4n) is 3.36. The number of fused-ring (bicyclic) bond motifs is 1. The van der Waals surface area contributed by atoms with Gasteiger partial charge in [-0.15, -0.1) is 4.40 Å². The van der Waals surface area contributed by atoms with E-state index < -0.39 is 33.5 Å². The molecule has 0 bridgehead atoms. The Morgan fingerprint density at radius 2 is 2.04 bits per heavy atom. The Labute approximate surface area is 163 Å². The van der Waals surface area contributed by atoms with Crippen molar-refractivity contribution in [2.75, 3.05) is 12.3 Å². The highest BCUT2D eigenvalue weighted by atomic mass is 32.2. The maximum Gasteiger partial charge on any atom is 0.340 e. The van der Waals surface area contributed by atoms with Gasteiger partial charge in [0.05, 0.1) is 17.4 Å². The zero-order chi connectivity index (χ0) is 20.4. The van der Waals surface area contributed by atoms with Crippen LogP contribution in [0.3, 0.4) is 0 Å². The molecule has 9 nitrogen and oxygen atoms in total. The van der Waals surface area contributed by atoms with Crippen LogP contribution < -0.4 is 5.32 Å². The third-order valence-corrected chi connectivity index (χ3v) is 6.16. The van der Waals surface area contributed by atoms with Gasteiger partial charge in [0, 0.05) is 12.7 Å². The predicted octanol–water partition coefficient (Wildman–Crippen LogP) is 0.758. The second kappa shape index (κ2) is 7.75. The van der Waals surface area contributed by atoms with Crippen LogP contribution in [-0.4, -0.2) is 55.0 Å². The van der Waals surface area contributed by atoms with Gasteiger partial charge in [0.15, 0.2) is 6.10 Å². The molecule has 150 valence electrons. The van der Waals surface area contributed by atoms with Gasteiger partial charge in [-0.1, -0.05) is 19.3 Å². The van der Waals surface area contributed by atoms with Crippen molar-refractivity contribution in [3.8, 4) is 6.07 Å². The van der Waals surface area contributed by atoms with Crippen LogP contribution >= 0.6 is 0 Å². The number of amidine groups is 1. The van der Waals surface area contributed by atoms with E-state index in [0.29, 0.717) is 12.8 Å². The van der Waals surface area contributed by atoms with Gasteiger partial charge in [-0.2, -0.15) is 5.26 Å². The molecule has 3 aliphatic rings. The predicted molar refractivity (Wildman–Crippen MR) is 100 cm³/mol. The van der Waals surface area contributed by atoms with Gasteiger partial charge in [-0.05, 0) is 31.9 Å². The maximum absolute atomic E-state index is 12.4. The Bertz CT molecular complexity index is 907. The highest BCUT2D eigenvalue weighted by Crippen LogP contribution is 2.27. The van der Waals surface area contributed by atoms with Crippen LogP contribution in [0.5, 0.6) is 0 Å². The summed E-state index contributed by atoms with van der Waals surface area (Å²) in [7, 11) is -3.47. The van der Waals surface area contributed by atoms with Gasteiger partial charge in [0.2, 0.25) is 0 Å². The summed E-state index contributed by atoms with van der Waals surface area (Å²) >= 11 is 0. The zero-order valence-corrected chi connectivity index (χ0v) is 16.4. The lowest BCUT2D eigenvalue weighted by Crippen LogP contribution is -2.52. The lowest BCUT2D eigenvalue weighted by molar-refractivity contribution is -0.151. The number of rotatable bonds is 4. The molecule has 1 amide bonds. The van der Waals surface area contributed by atoms with Gasteiger partial charge in [-0.3, -0.25) is 4.79 Å². The van der Waals surface area contributed by atoms with E-state index in [0.717, 1.165) is 19.3 Å². The molecule has 1 fully saturated rings. The maximum atomic E-state index is 12.4. The monoisotopic (exact) mass is 406 g/mol. The summed E-state index contributed by atoms with van der Waals surface area (Å²) in [6, 6.07) is 2.19. The largest absolute Gasteiger partial charge is 0.449 e.